The standard InChI is InChI=1S/C13H24N2O2.C13H14N2OS.C2H6/c1-9-7-6-8-15(9)12(17)11(13(3,4)5)14-10(2)16;1-9-5-11(13-10(2)15-8-17-13)3-4-12(9)6-14-7-16;1-2/h9,11H,6-8H2,1-5H3,(H,14,16);3-5,7-8H,6H2,1-2H3,(H,14,16);1-2H3. The SMILES string of the molecule is CC.CC(=O)NC(C(=O)N1CCCC1C)C(C)(C)C.Cc1cc(-c2scnc2C)ccc1CNC=O. The van der Waals surface area contributed by atoms with E-state index >= 15 is 0 Å². The minimum Gasteiger partial charge on any atom is -0.355 e. The van der Waals surface area contributed by atoms with Gasteiger partial charge in [-0.25, -0.2) is 4.98 Å². The molecule has 2 N–H and O–H groups in total. The molecule has 8 heteroatoms. The summed E-state index contributed by atoms with van der Waals surface area (Å²) in [5.41, 5.74) is 6.19. The Hall–Kier alpha value is -2.74. The number of hydrogen-bond acceptors (Lipinski definition) is 5. The van der Waals surface area contributed by atoms with Gasteiger partial charge in [0.05, 0.1) is 16.1 Å². The van der Waals surface area contributed by atoms with Crippen LogP contribution in [0.3, 0.4) is 0 Å². The van der Waals surface area contributed by atoms with Crippen LogP contribution < -0.4 is 10.6 Å². The van der Waals surface area contributed by atoms with E-state index in [0.717, 1.165) is 37.1 Å². The largest absolute Gasteiger partial charge is 0.355 e. The first-order chi connectivity index (χ1) is 17.0. The average Bonchev–Trinajstić information content (AvgIpc) is 3.45. The van der Waals surface area contributed by atoms with Gasteiger partial charge < -0.3 is 15.5 Å². The van der Waals surface area contributed by atoms with E-state index in [1.807, 2.05) is 52.0 Å². The molecule has 36 heavy (non-hydrogen) atoms. The molecule has 2 heterocycles. The van der Waals surface area contributed by atoms with E-state index in [9.17, 15) is 14.4 Å². The molecule has 1 aliphatic rings. The number of aryl methyl sites for hydroxylation is 2. The topological polar surface area (TPSA) is 91.4 Å². The predicted octanol–water partition coefficient (Wildman–Crippen LogP) is 5.25. The van der Waals surface area contributed by atoms with Crippen LogP contribution in [0.15, 0.2) is 23.7 Å². The quantitative estimate of drug-likeness (QED) is 0.513. The molecule has 1 aliphatic heterocycles. The predicted molar refractivity (Wildman–Crippen MR) is 149 cm³/mol. The van der Waals surface area contributed by atoms with E-state index in [-0.39, 0.29) is 17.2 Å². The van der Waals surface area contributed by atoms with Crippen LogP contribution in [-0.4, -0.2) is 46.7 Å². The zero-order valence-electron chi connectivity index (χ0n) is 23.4. The van der Waals surface area contributed by atoms with Crippen molar-refractivity contribution < 1.29 is 14.4 Å². The van der Waals surface area contributed by atoms with Crippen LogP contribution in [0.2, 0.25) is 0 Å². The molecule has 1 aromatic carbocycles. The van der Waals surface area contributed by atoms with Gasteiger partial charge in [-0.3, -0.25) is 14.4 Å². The lowest BCUT2D eigenvalue weighted by Crippen LogP contribution is -2.54. The molecule has 3 rings (SSSR count). The molecular weight excluding hydrogens is 472 g/mol. The maximum absolute atomic E-state index is 12.4. The summed E-state index contributed by atoms with van der Waals surface area (Å²) in [7, 11) is 0. The number of carbonyl (C=O) groups excluding carboxylic acids is 3. The van der Waals surface area contributed by atoms with Crippen molar-refractivity contribution in [1.82, 2.24) is 20.5 Å². The van der Waals surface area contributed by atoms with Crippen LogP contribution in [0.25, 0.3) is 10.4 Å². The van der Waals surface area contributed by atoms with Crippen LogP contribution in [0.4, 0.5) is 0 Å². The summed E-state index contributed by atoms with van der Waals surface area (Å²) in [6.45, 7) is 18.9. The van der Waals surface area contributed by atoms with Gasteiger partial charge in [0, 0.05) is 26.1 Å². The van der Waals surface area contributed by atoms with Gasteiger partial charge in [0.2, 0.25) is 18.2 Å². The third-order valence-electron chi connectivity index (χ3n) is 6.02. The molecule has 7 nitrogen and oxygen atoms in total. The maximum atomic E-state index is 12.4. The third kappa shape index (κ3) is 9.04. The van der Waals surface area contributed by atoms with Gasteiger partial charge in [-0.2, -0.15) is 0 Å². The number of benzene rings is 1. The second-order valence-corrected chi connectivity index (χ2v) is 10.8. The van der Waals surface area contributed by atoms with Gasteiger partial charge in [-0.1, -0.05) is 52.8 Å². The molecule has 0 radical (unpaired) electrons. The van der Waals surface area contributed by atoms with Crippen molar-refractivity contribution in [2.24, 2.45) is 5.41 Å². The number of thiazole rings is 1. The fraction of sp³-hybridized carbons (Fsp3) is 0.571. The van der Waals surface area contributed by atoms with E-state index in [1.54, 1.807) is 11.3 Å². The van der Waals surface area contributed by atoms with Crippen molar-refractivity contribution in [2.75, 3.05) is 6.54 Å². The zero-order valence-corrected chi connectivity index (χ0v) is 24.2. The minimum absolute atomic E-state index is 0.0534. The number of rotatable bonds is 6. The minimum atomic E-state index is -0.430. The number of carbonyl (C=O) groups is 3. The highest BCUT2D eigenvalue weighted by Gasteiger charge is 2.37. The Labute approximate surface area is 221 Å². The molecule has 1 fully saturated rings. The van der Waals surface area contributed by atoms with Crippen LogP contribution >= 0.6 is 11.3 Å². The van der Waals surface area contributed by atoms with Gasteiger partial charge in [0.1, 0.15) is 6.04 Å². The fourth-order valence-electron chi connectivity index (χ4n) is 4.04. The van der Waals surface area contributed by atoms with Gasteiger partial charge >= 0.3 is 0 Å². The lowest BCUT2D eigenvalue weighted by atomic mass is 9.85. The van der Waals surface area contributed by atoms with Crippen LogP contribution in [0.5, 0.6) is 0 Å². The number of nitrogens with zero attached hydrogens (tertiary/aromatic N) is 2. The summed E-state index contributed by atoms with van der Waals surface area (Å²) < 4.78 is 0. The van der Waals surface area contributed by atoms with Crippen LogP contribution in [0, 0.1) is 19.3 Å². The van der Waals surface area contributed by atoms with Crippen molar-refractivity contribution in [3.8, 4) is 10.4 Å². The van der Waals surface area contributed by atoms with Crippen molar-refractivity contribution >= 4 is 29.6 Å². The molecule has 1 aromatic heterocycles. The van der Waals surface area contributed by atoms with E-state index in [2.05, 4.69) is 47.7 Å². The summed E-state index contributed by atoms with van der Waals surface area (Å²) in [5, 5.41) is 5.47. The highest BCUT2D eigenvalue weighted by Crippen LogP contribution is 2.29. The smallest absolute Gasteiger partial charge is 0.245 e. The Kier molecular flexibility index (Phi) is 12.8. The lowest BCUT2D eigenvalue weighted by molar-refractivity contribution is -0.139. The summed E-state index contributed by atoms with van der Waals surface area (Å²) in [6.07, 6.45) is 2.84. The Morgan fingerprint density at radius 3 is 2.36 bits per heavy atom. The van der Waals surface area contributed by atoms with Crippen molar-refractivity contribution in [2.45, 2.75) is 93.8 Å². The normalized spacial score (nSPS) is 15.6. The second-order valence-electron chi connectivity index (χ2n) is 9.93. The molecule has 0 spiro atoms. The number of amides is 3. The summed E-state index contributed by atoms with van der Waals surface area (Å²) in [5.74, 6) is -0.0946. The second kappa shape index (κ2) is 14.7. The Balaban J connectivity index is 0.000000337. The van der Waals surface area contributed by atoms with Crippen LogP contribution in [-0.2, 0) is 20.9 Å². The first-order valence-electron chi connectivity index (χ1n) is 12.7. The summed E-state index contributed by atoms with van der Waals surface area (Å²) in [4.78, 5) is 41.3. The van der Waals surface area contributed by atoms with Gasteiger partial charge in [0.15, 0.2) is 0 Å². The van der Waals surface area contributed by atoms with Gasteiger partial charge in [-0.05, 0) is 55.7 Å². The third-order valence-corrected chi connectivity index (χ3v) is 7.00. The van der Waals surface area contributed by atoms with E-state index in [0.29, 0.717) is 12.6 Å². The van der Waals surface area contributed by atoms with Crippen molar-refractivity contribution in [1.29, 1.82) is 0 Å². The van der Waals surface area contributed by atoms with E-state index < -0.39 is 6.04 Å². The molecule has 0 aliphatic carbocycles. The molecule has 0 saturated carbocycles. The monoisotopic (exact) mass is 516 g/mol. The lowest BCUT2D eigenvalue weighted by Gasteiger charge is -2.34. The Morgan fingerprint density at radius 1 is 1.25 bits per heavy atom. The summed E-state index contributed by atoms with van der Waals surface area (Å²) in [6, 6.07) is 6.14. The average molecular weight is 517 g/mol. The number of nitrogens with one attached hydrogen (secondary N) is 2. The molecule has 1 saturated heterocycles. The van der Waals surface area contributed by atoms with Crippen LogP contribution in [0.1, 0.15) is 78.1 Å². The fourth-order valence-corrected chi connectivity index (χ4v) is 4.85. The summed E-state index contributed by atoms with van der Waals surface area (Å²) >= 11 is 1.65. The number of hydrogen-bond donors (Lipinski definition) is 2. The first-order valence-corrected chi connectivity index (χ1v) is 13.6. The van der Waals surface area contributed by atoms with Gasteiger partial charge in [0.25, 0.3) is 0 Å². The number of likely N-dealkylation sites (tertiary alicyclic amines) is 1. The first kappa shape index (κ1) is 31.3. The molecule has 3 amide bonds. The highest BCUT2D eigenvalue weighted by atomic mass is 32.1. The van der Waals surface area contributed by atoms with Crippen molar-refractivity contribution in [3.63, 3.8) is 0 Å². The zero-order chi connectivity index (χ0) is 27.5. The highest BCUT2D eigenvalue weighted by molar-refractivity contribution is 7.13. The Morgan fingerprint density at radius 2 is 1.92 bits per heavy atom. The molecule has 200 valence electrons. The van der Waals surface area contributed by atoms with E-state index in [4.69, 9.17) is 0 Å². The maximum Gasteiger partial charge on any atom is 0.245 e. The Bertz CT molecular complexity index is 997. The molecule has 2 unspecified atom stereocenters. The molecule has 0 bridgehead atoms. The van der Waals surface area contributed by atoms with Crippen molar-refractivity contribution in [3.05, 3.63) is 40.5 Å². The molecule has 2 atom stereocenters. The molecule has 2 aromatic rings. The van der Waals surface area contributed by atoms with Gasteiger partial charge in [-0.15, -0.1) is 11.3 Å². The molecular formula is C28H44N4O3S. The van der Waals surface area contributed by atoms with E-state index in [1.165, 1.54) is 22.9 Å². The number of aromatic nitrogens is 1.